The molecule has 1 saturated heterocycles. The van der Waals surface area contributed by atoms with Crippen molar-refractivity contribution in [2.24, 2.45) is 11.8 Å². The van der Waals surface area contributed by atoms with E-state index in [4.69, 9.17) is 0 Å². The number of hydrogen-bond acceptors (Lipinski definition) is 3. The van der Waals surface area contributed by atoms with Crippen LogP contribution in [0.3, 0.4) is 0 Å². The largest absolute Gasteiger partial charge is 0.392 e. The lowest BCUT2D eigenvalue weighted by molar-refractivity contribution is 0.183. The summed E-state index contributed by atoms with van der Waals surface area (Å²) in [5.74, 6) is 1.54. The maximum atomic E-state index is 9.57. The van der Waals surface area contributed by atoms with Crippen molar-refractivity contribution >= 4 is 0 Å². The summed E-state index contributed by atoms with van der Waals surface area (Å²) in [5, 5.41) is 13.0. The molecular weight excluding hydrogens is 224 g/mol. The van der Waals surface area contributed by atoms with Gasteiger partial charge in [0.2, 0.25) is 0 Å². The molecule has 0 aromatic carbocycles. The lowest BCUT2D eigenvalue weighted by Crippen LogP contribution is -2.39. The summed E-state index contributed by atoms with van der Waals surface area (Å²) < 4.78 is 0. The molecule has 2 N–H and O–H groups in total. The smallest absolute Gasteiger partial charge is 0.0680 e. The highest BCUT2D eigenvalue weighted by Crippen LogP contribution is 2.11. The van der Waals surface area contributed by atoms with Gasteiger partial charge >= 0.3 is 0 Å². The van der Waals surface area contributed by atoms with E-state index >= 15 is 0 Å². The zero-order chi connectivity index (χ0) is 13.5. The van der Waals surface area contributed by atoms with Crippen LogP contribution in [0, 0.1) is 11.8 Å². The summed E-state index contributed by atoms with van der Waals surface area (Å²) in [6.07, 6.45) is 3.33. The van der Waals surface area contributed by atoms with E-state index in [2.05, 4.69) is 37.9 Å². The van der Waals surface area contributed by atoms with Crippen LogP contribution in [0.25, 0.3) is 0 Å². The minimum Gasteiger partial charge on any atom is -0.392 e. The van der Waals surface area contributed by atoms with Crippen LogP contribution in [0.5, 0.6) is 0 Å². The van der Waals surface area contributed by atoms with Crippen molar-refractivity contribution in [2.75, 3.05) is 26.2 Å². The molecule has 1 fully saturated rings. The first-order valence-corrected chi connectivity index (χ1v) is 7.61. The molecule has 1 rings (SSSR count). The van der Waals surface area contributed by atoms with Crippen LogP contribution in [0.1, 0.15) is 47.0 Å². The van der Waals surface area contributed by atoms with Gasteiger partial charge < -0.3 is 15.3 Å². The van der Waals surface area contributed by atoms with E-state index in [1.807, 2.05) is 0 Å². The minimum atomic E-state index is -0.132. The van der Waals surface area contributed by atoms with Gasteiger partial charge in [-0.2, -0.15) is 0 Å². The van der Waals surface area contributed by atoms with Gasteiger partial charge in [0.25, 0.3) is 0 Å². The summed E-state index contributed by atoms with van der Waals surface area (Å²) in [6, 6.07) is 0.485. The molecule has 3 nitrogen and oxygen atoms in total. The first-order valence-electron chi connectivity index (χ1n) is 7.61. The zero-order valence-corrected chi connectivity index (χ0v) is 12.7. The van der Waals surface area contributed by atoms with Gasteiger partial charge in [0.1, 0.15) is 0 Å². The minimum absolute atomic E-state index is 0.132. The topological polar surface area (TPSA) is 35.5 Å². The van der Waals surface area contributed by atoms with Crippen molar-refractivity contribution < 1.29 is 5.11 Å². The lowest BCUT2D eigenvalue weighted by atomic mass is 10.1. The van der Waals surface area contributed by atoms with Gasteiger partial charge in [0.15, 0.2) is 0 Å². The average molecular weight is 256 g/mol. The fraction of sp³-hybridized carbons (Fsp3) is 1.00. The van der Waals surface area contributed by atoms with Crippen molar-refractivity contribution in [2.45, 2.75) is 59.1 Å². The van der Waals surface area contributed by atoms with Gasteiger partial charge in [-0.1, -0.05) is 27.7 Å². The molecule has 0 spiro atoms. The fourth-order valence-electron chi connectivity index (χ4n) is 2.42. The number of aliphatic hydroxyl groups excluding tert-OH is 1. The van der Waals surface area contributed by atoms with E-state index in [9.17, 15) is 5.11 Å². The highest BCUT2D eigenvalue weighted by atomic mass is 16.3. The van der Waals surface area contributed by atoms with Crippen LogP contribution in [0.15, 0.2) is 0 Å². The summed E-state index contributed by atoms with van der Waals surface area (Å²) in [5.41, 5.74) is 0. The van der Waals surface area contributed by atoms with Gasteiger partial charge in [0, 0.05) is 19.1 Å². The molecule has 2 unspecified atom stereocenters. The Labute approximate surface area is 113 Å². The van der Waals surface area contributed by atoms with Gasteiger partial charge in [-0.3, -0.25) is 0 Å². The molecule has 1 aliphatic rings. The highest BCUT2D eigenvalue weighted by Gasteiger charge is 2.23. The van der Waals surface area contributed by atoms with Gasteiger partial charge in [-0.05, 0) is 44.2 Å². The van der Waals surface area contributed by atoms with E-state index in [1.54, 1.807) is 0 Å². The number of aliphatic hydroxyl groups is 1. The molecule has 108 valence electrons. The van der Waals surface area contributed by atoms with Crippen molar-refractivity contribution in [1.29, 1.82) is 0 Å². The summed E-state index contributed by atoms with van der Waals surface area (Å²) >= 11 is 0. The average Bonchev–Trinajstić information content (AvgIpc) is 2.67. The lowest BCUT2D eigenvalue weighted by Gasteiger charge is -2.27. The molecule has 0 aromatic heterocycles. The standard InChI is InChI=1S/C15H32N2O/c1-12(2)5-7-17(8-6-13(3)4)11-14-9-15(18)10-16-14/h12-16,18H,5-11H2,1-4H3. The summed E-state index contributed by atoms with van der Waals surface area (Å²) in [7, 11) is 0. The maximum Gasteiger partial charge on any atom is 0.0680 e. The van der Waals surface area contributed by atoms with Crippen LogP contribution < -0.4 is 5.32 Å². The summed E-state index contributed by atoms with van der Waals surface area (Å²) in [4.78, 5) is 2.58. The zero-order valence-electron chi connectivity index (χ0n) is 12.7. The molecule has 3 heteroatoms. The van der Waals surface area contributed by atoms with E-state index in [1.165, 1.54) is 25.9 Å². The van der Waals surface area contributed by atoms with E-state index < -0.39 is 0 Å². The molecule has 1 heterocycles. The van der Waals surface area contributed by atoms with Gasteiger partial charge in [-0.15, -0.1) is 0 Å². The van der Waals surface area contributed by atoms with Crippen molar-refractivity contribution in [3.05, 3.63) is 0 Å². The second-order valence-corrected chi connectivity index (χ2v) is 6.66. The molecule has 0 bridgehead atoms. The molecule has 0 aromatic rings. The second kappa shape index (κ2) is 8.13. The third-order valence-corrected chi connectivity index (χ3v) is 3.72. The maximum absolute atomic E-state index is 9.57. The van der Waals surface area contributed by atoms with Crippen LogP contribution >= 0.6 is 0 Å². The first-order chi connectivity index (χ1) is 8.47. The Morgan fingerprint density at radius 1 is 1.11 bits per heavy atom. The highest BCUT2D eigenvalue weighted by molar-refractivity contribution is 4.83. The molecule has 0 radical (unpaired) electrons. The van der Waals surface area contributed by atoms with Crippen LogP contribution in [0.2, 0.25) is 0 Å². The number of nitrogens with one attached hydrogen (secondary N) is 1. The predicted molar refractivity (Wildman–Crippen MR) is 77.8 cm³/mol. The Hall–Kier alpha value is -0.120. The number of β-amino-alcohol motifs (C(OH)–C–C–N with tert-alkyl or cyclic N) is 1. The monoisotopic (exact) mass is 256 g/mol. The Kier molecular flexibility index (Phi) is 7.20. The summed E-state index contributed by atoms with van der Waals surface area (Å²) in [6.45, 7) is 13.4. The number of nitrogens with zero attached hydrogens (tertiary/aromatic N) is 1. The van der Waals surface area contributed by atoms with E-state index in [0.29, 0.717) is 6.04 Å². The molecule has 0 aliphatic carbocycles. The Balaban J connectivity index is 2.33. The first kappa shape index (κ1) is 15.9. The third-order valence-electron chi connectivity index (χ3n) is 3.72. The molecule has 0 saturated carbocycles. The van der Waals surface area contributed by atoms with Crippen LogP contribution in [0.4, 0.5) is 0 Å². The van der Waals surface area contributed by atoms with Crippen molar-refractivity contribution in [1.82, 2.24) is 10.2 Å². The predicted octanol–water partition coefficient (Wildman–Crippen LogP) is 2.10. The quantitative estimate of drug-likeness (QED) is 0.698. The molecular formula is C15H32N2O. The van der Waals surface area contributed by atoms with E-state index in [-0.39, 0.29) is 6.10 Å². The van der Waals surface area contributed by atoms with Crippen LogP contribution in [-0.2, 0) is 0 Å². The molecule has 1 aliphatic heterocycles. The SMILES string of the molecule is CC(C)CCN(CCC(C)C)CC1CC(O)CN1. The van der Waals surface area contributed by atoms with Gasteiger partial charge in [0.05, 0.1) is 6.10 Å². The fourth-order valence-corrected chi connectivity index (χ4v) is 2.42. The Morgan fingerprint density at radius 3 is 2.06 bits per heavy atom. The Bertz CT molecular complexity index is 207. The molecule has 0 amide bonds. The molecule has 18 heavy (non-hydrogen) atoms. The normalized spacial score (nSPS) is 24.7. The third kappa shape index (κ3) is 6.72. The van der Waals surface area contributed by atoms with E-state index in [0.717, 1.165) is 31.3 Å². The Morgan fingerprint density at radius 2 is 1.67 bits per heavy atom. The van der Waals surface area contributed by atoms with Crippen molar-refractivity contribution in [3.63, 3.8) is 0 Å². The number of rotatable bonds is 8. The van der Waals surface area contributed by atoms with Gasteiger partial charge in [-0.25, -0.2) is 0 Å². The second-order valence-electron chi connectivity index (χ2n) is 6.66. The molecule has 2 atom stereocenters. The van der Waals surface area contributed by atoms with Crippen LogP contribution in [-0.4, -0.2) is 48.3 Å². The van der Waals surface area contributed by atoms with Crippen molar-refractivity contribution in [3.8, 4) is 0 Å². The number of hydrogen-bond donors (Lipinski definition) is 2.